The molecule has 1 aromatic heterocycles. The number of benzene rings is 9. The second kappa shape index (κ2) is 11.2. The summed E-state index contributed by atoms with van der Waals surface area (Å²) in [6.07, 6.45) is 0. The van der Waals surface area contributed by atoms with E-state index in [0.717, 1.165) is 39.0 Å². The lowest BCUT2D eigenvalue weighted by molar-refractivity contribution is 0.660. The van der Waals surface area contributed by atoms with E-state index in [4.69, 9.17) is 4.42 Å². The van der Waals surface area contributed by atoms with Crippen LogP contribution in [0, 0.1) is 0 Å². The van der Waals surface area contributed by atoms with Gasteiger partial charge in [-0.15, -0.1) is 0 Å². The maximum Gasteiger partial charge on any atom is 0.137 e. The minimum absolute atomic E-state index is 0.0586. The highest BCUT2D eigenvalue weighted by Gasteiger charge is 2.35. The summed E-state index contributed by atoms with van der Waals surface area (Å²) in [4.78, 5) is 2.37. The van der Waals surface area contributed by atoms with Crippen LogP contribution in [0.2, 0.25) is 0 Å². The fraction of sp³-hybridized carbons (Fsp3) is 0.0588. The average molecular weight is 678 g/mol. The van der Waals surface area contributed by atoms with Gasteiger partial charge in [-0.25, -0.2) is 0 Å². The van der Waals surface area contributed by atoms with Crippen molar-refractivity contribution in [3.63, 3.8) is 0 Å². The predicted octanol–water partition coefficient (Wildman–Crippen LogP) is 14.5. The summed E-state index contributed by atoms with van der Waals surface area (Å²) in [7, 11) is 0. The van der Waals surface area contributed by atoms with Crippen molar-refractivity contribution >= 4 is 71.3 Å². The Balaban J connectivity index is 1.11. The average Bonchev–Trinajstić information content (AvgIpc) is 3.69. The number of anilines is 3. The van der Waals surface area contributed by atoms with Crippen molar-refractivity contribution < 1.29 is 4.42 Å². The molecule has 0 radical (unpaired) electrons. The summed E-state index contributed by atoms with van der Waals surface area (Å²) >= 11 is 0. The Kier molecular flexibility index (Phi) is 6.33. The molecule has 0 spiro atoms. The van der Waals surface area contributed by atoms with Gasteiger partial charge < -0.3 is 9.32 Å². The van der Waals surface area contributed by atoms with E-state index in [-0.39, 0.29) is 5.41 Å². The number of nitrogens with zero attached hydrogens (tertiary/aromatic N) is 1. The molecule has 0 atom stereocenters. The van der Waals surface area contributed by atoms with Gasteiger partial charge in [0.1, 0.15) is 11.2 Å². The molecule has 1 aliphatic rings. The zero-order chi connectivity index (χ0) is 35.3. The van der Waals surface area contributed by atoms with Crippen LogP contribution in [-0.2, 0) is 5.41 Å². The minimum atomic E-state index is -0.0586. The summed E-state index contributed by atoms with van der Waals surface area (Å²) in [6, 6.07) is 64.3. The normalized spacial score (nSPS) is 13.2. The van der Waals surface area contributed by atoms with Gasteiger partial charge in [0, 0.05) is 39.3 Å². The highest BCUT2D eigenvalue weighted by atomic mass is 16.3. The minimum Gasteiger partial charge on any atom is -0.456 e. The number of para-hydroxylation sites is 1. The molecule has 0 saturated carbocycles. The van der Waals surface area contributed by atoms with Gasteiger partial charge in [0.2, 0.25) is 0 Å². The molecule has 0 bridgehead atoms. The maximum absolute atomic E-state index is 6.42. The summed E-state index contributed by atoms with van der Waals surface area (Å²) < 4.78 is 6.42. The van der Waals surface area contributed by atoms with Gasteiger partial charge in [-0.05, 0) is 114 Å². The van der Waals surface area contributed by atoms with Crippen LogP contribution < -0.4 is 4.90 Å². The van der Waals surface area contributed by atoms with Crippen LogP contribution in [-0.4, -0.2) is 0 Å². The summed E-state index contributed by atoms with van der Waals surface area (Å²) in [5, 5.41) is 9.89. The molecule has 11 rings (SSSR count). The van der Waals surface area contributed by atoms with E-state index < -0.39 is 0 Å². The molecule has 0 aliphatic heterocycles. The number of fused-ring (bicyclic) bond motifs is 11. The molecule has 250 valence electrons. The van der Waals surface area contributed by atoms with Crippen molar-refractivity contribution in [3.05, 3.63) is 187 Å². The lowest BCUT2D eigenvalue weighted by Crippen LogP contribution is -2.15. The van der Waals surface area contributed by atoms with Crippen LogP contribution in [0.3, 0.4) is 0 Å². The van der Waals surface area contributed by atoms with E-state index in [2.05, 4.69) is 183 Å². The Bertz CT molecular complexity index is 3090. The third-order valence-corrected chi connectivity index (χ3v) is 11.6. The standard InChI is InChI=1S/C51H35NO/c1-51(2)46-17-9-7-15-40(46)45-30-36(25-28-47(45)51)52(37-24-27-42-41-16-8-10-18-48(41)53-49(42)31-37)35-22-19-33(20-23-35)44-29-34-12-4-5-13-38(34)43-26-21-32-11-3-6-14-39(32)50(43)44/h3-31H,1-2H3. The van der Waals surface area contributed by atoms with E-state index in [0.29, 0.717) is 0 Å². The SMILES string of the molecule is CC1(C)c2ccccc2-c2cc(N(c3ccc(-c4cc5ccccc5c5ccc6ccccc6c45)cc3)c3ccc4c(c3)oc3ccccc34)ccc21. The summed E-state index contributed by atoms with van der Waals surface area (Å²) in [5.41, 5.74) is 12.8. The van der Waals surface area contributed by atoms with E-state index in [1.165, 1.54) is 65.7 Å². The third kappa shape index (κ3) is 4.45. The monoisotopic (exact) mass is 677 g/mol. The van der Waals surface area contributed by atoms with Crippen LogP contribution in [0.4, 0.5) is 17.1 Å². The Hall–Kier alpha value is -6.64. The number of rotatable bonds is 4. The van der Waals surface area contributed by atoms with Crippen LogP contribution in [0.5, 0.6) is 0 Å². The Morgan fingerprint density at radius 2 is 1.02 bits per heavy atom. The van der Waals surface area contributed by atoms with E-state index >= 15 is 0 Å². The number of furan rings is 1. The van der Waals surface area contributed by atoms with Gasteiger partial charge in [-0.3, -0.25) is 0 Å². The molecule has 53 heavy (non-hydrogen) atoms. The molecule has 0 fully saturated rings. The molecule has 0 N–H and O–H groups in total. The van der Waals surface area contributed by atoms with Crippen molar-refractivity contribution in [2.75, 3.05) is 4.90 Å². The Morgan fingerprint density at radius 3 is 1.89 bits per heavy atom. The van der Waals surface area contributed by atoms with E-state index in [1.807, 2.05) is 12.1 Å². The zero-order valence-electron chi connectivity index (χ0n) is 29.6. The molecular weight excluding hydrogens is 643 g/mol. The fourth-order valence-electron chi connectivity index (χ4n) is 9.05. The number of hydrogen-bond donors (Lipinski definition) is 0. The molecule has 2 heteroatoms. The van der Waals surface area contributed by atoms with Crippen molar-refractivity contribution in [2.24, 2.45) is 0 Å². The molecule has 0 saturated heterocycles. The first-order valence-electron chi connectivity index (χ1n) is 18.4. The van der Waals surface area contributed by atoms with Gasteiger partial charge in [0.25, 0.3) is 0 Å². The molecule has 1 aliphatic carbocycles. The van der Waals surface area contributed by atoms with Crippen molar-refractivity contribution in [1.82, 2.24) is 0 Å². The second-order valence-corrected chi connectivity index (χ2v) is 14.9. The van der Waals surface area contributed by atoms with Crippen molar-refractivity contribution in [3.8, 4) is 22.3 Å². The second-order valence-electron chi connectivity index (χ2n) is 14.9. The van der Waals surface area contributed by atoms with Crippen LogP contribution in [0.25, 0.3) is 76.5 Å². The lowest BCUT2D eigenvalue weighted by Gasteiger charge is -2.27. The smallest absolute Gasteiger partial charge is 0.137 e. The van der Waals surface area contributed by atoms with Gasteiger partial charge in [0.05, 0.1) is 0 Å². The van der Waals surface area contributed by atoms with Gasteiger partial charge >= 0.3 is 0 Å². The molecular formula is C51H35NO. The largest absolute Gasteiger partial charge is 0.456 e. The maximum atomic E-state index is 6.42. The van der Waals surface area contributed by atoms with Gasteiger partial charge in [-0.1, -0.05) is 135 Å². The molecule has 10 aromatic rings. The molecule has 2 nitrogen and oxygen atoms in total. The quantitative estimate of drug-likeness (QED) is 0.172. The third-order valence-electron chi connectivity index (χ3n) is 11.6. The Morgan fingerprint density at radius 1 is 0.396 bits per heavy atom. The molecule has 0 amide bonds. The van der Waals surface area contributed by atoms with Crippen molar-refractivity contribution in [2.45, 2.75) is 19.3 Å². The molecule has 1 heterocycles. The van der Waals surface area contributed by atoms with Crippen LogP contribution in [0.1, 0.15) is 25.0 Å². The van der Waals surface area contributed by atoms with Crippen LogP contribution >= 0.6 is 0 Å². The fourth-order valence-corrected chi connectivity index (χ4v) is 9.05. The van der Waals surface area contributed by atoms with E-state index in [9.17, 15) is 0 Å². The molecule has 0 unspecified atom stereocenters. The highest BCUT2D eigenvalue weighted by Crippen LogP contribution is 2.51. The highest BCUT2D eigenvalue weighted by molar-refractivity contribution is 6.23. The Labute approximate surface area is 308 Å². The van der Waals surface area contributed by atoms with Crippen molar-refractivity contribution in [1.29, 1.82) is 0 Å². The van der Waals surface area contributed by atoms with Gasteiger partial charge in [-0.2, -0.15) is 0 Å². The molecule has 9 aromatic carbocycles. The zero-order valence-corrected chi connectivity index (χ0v) is 29.6. The summed E-state index contributed by atoms with van der Waals surface area (Å²) in [5.74, 6) is 0. The van der Waals surface area contributed by atoms with E-state index in [1.54, 1.807) is 0 Å². The predicted molar refractivity (Wildman–Crippen MR) is 224 cm³/mol. The number of hydrogen-bond acceptors (Lipinski definition) is 2. The topological polar surface area (TPSA) is 16.4 Å². The lowest BCUT2D eigenvalue weighted by atomic mass is 9.82. The van der Waals surface area contributed by atoms with Gasteiger partial charge in [0.15, 0.2) is 0 Å². The summed E-state index contributed by atoms with van der Waals surface area (Å²) in [6.45, 7) is 4.67. The first-order chi connectivity index (χ1) is 26.0. The first-order valence-corrected chi connectivity index (χ1v) is 18.4. The first kappa shape index (κ1) is 30.0. The van der Waals surface area contributed by atoms with Crippen LogP contribution in [0.15, 0.2) is 180 Å².